The third kappa shape index (κ3) is 7.73. The van der Waals surface area contributed by atoms with Gasteiger partial charge in [0.15, 0.2) is 0 Å². The van der Waals surface area contributed by atoms with Crippen LogP contribution in [-0.4, -0.2) is 47.0 Å². The molecule has 13 heteroatoms. The SMILES string of the molecule is CS(=O)(=O)O.N=C(N)c1ccc(NC(=O)c2ccccc2-c2cc([N+](=O)[O-])ccc2C(=O)O)cc1. The van der Waals surface area contributed by atoms with Crippen LogP contribution in [0.5, 0.6) is 0 Å². The van der Waals surface area contributed by atoms with Gasteiger partial charge in [-0.2, -0.15) is 8.42 Å². The van der Waals surface area contributed by atoms with Crippen molar-refractivity contribution in [3.05, 3.63) is 93.5 Å². The largest absolute Gasteiger partial charge is 0.478 e. The second kappa shape index (κ2) is 11.0. The van der Waals surface area contributed by atoms with E-state index in [2.05, 4.69) is 5.32 Å². The van der Waals surface area contributed by atoms with Crippen molar-refractivity contribution in [2.24, 2.45) is 5.73 Å². The quantitative estimate of drug-likeness (QED) is 0.110. The topological polar surface area (TPSA) is 214 Å². The number of non-ortho nitro benzene ring substituents is 1. The van der Waals surface area contributed by atoms with Gasteiger partial charge in [0.25, 0.3) is 21.7 Å². The number of nitrogens with two attached hydrogens (primary N) is 1. The molecule has 0 spiro atoms. The smallest absolute Gasteiger partial charge is 0.336 e. The maximum absolute atomic E-state index is 12.9. The predicted octanol–water partition coefficient (Wildman–Crippen LogP) is 3.00. The van der Waals surface area contributed by atoms with Crippen LogP contribution < -0.4 is 11.1 Å². The Morgan fingerprint density at radius 2 is 1.57 bits per heavy atom. The summed E-state index contributed by atoms with van der Waals surface area (Å²) in [6.07, 6.45) is 0.715. The number of rotatable bonds is 6. The van der Waals surface area contributed by atoms with E-state index >= 15 is 0 Å². The number of amides is 1. The lowest BCUT2D eigenvalue weighted by atomic mass is 9.94. The first-order chi connectivity index (χ1) is 16.3. The molecule has 0 saturated carbocycles. The van der Waals surface area contributed by atoms with Crippen LogP contribution in [0.1, 0.15) is 26.3 Å². The molecule has 182 valence electrons. The Hall–Kier alpha value is -4.62. The Labute approximate surface area is 199 Å². The van der Waals surface area contributed by atoms with Crippen molar-refractivity contribution in [2.45, 2.75) is 0 Å². The van der Waals surface area contributed by atoms with E-state index in [0.29, 0.717) is 17.5 Å². The summed E-state index contributed by atoms with van der Waals surface area (Å²) in [4.78, 5) is 35.0. The average Bonchev–Trinajstić information content (AvgIpc) is 2.77. The molecule has 6 N–H and O–H groups in total. The standard InChI is InChI=1S/C21H16N4O5.CH4O3S/c22-19(23)12-5-7-13(8-6-12)24-20(26)16-4-2-1-3-15(16)18-11-14(25(29)30)9-10-17(18)21(27)28;1-5(2,3)4/h1-11H,(H3,22,23)(H,24,26)(H,27,28);1H3,(H,2,3,4). The summed E-state index contributed by atoms with van der Waals surface area (Å²) in [6.45, 7) is 0. The zero-order valence-electron chi connectivity index (χ0n) is 18.1. The van der Waals surface area contributed by atoms with Gasteiger partial charge in [0.1, 0.15) is 5.84 Å². The number of benzene rings is 3. The van der Waals surface area contributed by atoms with Crippen LogP contribution in [0, 0.1) is 15.5 Å². The summed E-state index contributed by atoms with van der Waals surface area (Å²) in [7, 11) is -3.67. The highest BCUT2D eigenvalue weighted by molar-refractivity contribution is 7.85. The van der Waals surface area contributed by atoms with E-state index in [0.717, 1.165) is 18.2 Å². The highest BCUT2D eigenvalue weighted by atomic mass is 32.2. The number of carboxylic acids is 1. The number of hydrogen-bond acceptors (Lipinski definition) is 7. The van der Waals surface area contributed by atoms with E-state index in [1.807, 2.05) is 0 Å². The Balaban J connectivity index is 0.000000784. The van der Waals surface area contributed by atoms with Crippen molar-refractivity contribution in [3.8, 4) is 11.1 Å². The van der Waals surface area contributed by atoms with E-state index in [1.165, 1.54) is 12.1 Å². The number of nitro benzene ring substituents is 1. The van der Waals surface area contributed by atoms with Gasteiger partial charge in [0.05, 0.1) is 16.7 Å². The summed E-state index contributed by atoms with van der Waals surface area (Å²) in [5.41, 5.74) is 6.36. The monoisotopic (exact) mass is 500 g/mol. The Kier molecular flexibility index (Phi) is 8.37. The molecule has 3 aromatic carbocycles. The number of carbonyl (C=O) groups is 2. The number of nitrogens with one attached hydrogen (secondary N) is 2. The molecule has 0 radical (unpaired) electrons. The van der Waals surface area contributed by atoms with Crippen molar-refractivity contribution in [3.63, 3.8) is 0 Å². The molecule has 0 aliphatic rings. The molecule has 3 rings (SSSR count). The number of carbonyl (C=O) groups excluding carboxylic acids is 1. The number of nitro groups is 1. The van der Waals surface area contributed by atoms with Gasteiger partial charge in [0, 0.05) is 34.5 Å². The number of anilines is 1. The molecule has 12 nitrogen and oxygen atoms in total. The second-order valence-electron chi connectivity index (χ2n) is 7.02. The van der Waals surface area contributed by atoms with Crippen LogP contribution in [0.25, 0.3) is 11.1 Å². The molecular weight excluding hydrogens is 480 g/mol. The molecular formula is C22H20N4O8S. The second-order valence-corrected chi connectivity index (χ2v) is 8.48. The number of aromatic carboxylic acids is 1. The Bertz CT molecular complexity index is 1400. The van der Waals surface area contributed by atoms with Crippen LogP contribution in [0.4, 0.5) is 11.4 Å². The third-order valence-corrected chi connectivity index (χ3v) is 4.36. The molecule has 0 aliphatic heterocycles. The van der Waals surface area contributed by atoms with Gasteiger partial charge in [-0.1, -0.05) is 18.2 Å². The number of nitrogen functional groups attached to an aromatic ring is 1. The normalized spacial score (nSPS) is 10.5. The molecule has 0 atom stereocenters. The van der Waals surface area contributed by atoms with Gasteiger partial charge < -0.3 is 16.2 Å². The maximum Gasteiger partial charge on any atom is 0.336 e. The molecule has 0 heterocycles. The number of carboxylic acid groups (broad SMARTS) is 1. The molecule has 0 aliphatic carbocycles. The van der Waals surface area contributed by atoms with Gasteiger partial charge in [-0.15, -0.1) is 0 Å². The lowest BCUT2D eigenvalue weighted by molar-refractivity contribution is -0.384. The van der Waals surface area contributed by atoms with Crippen molar-refractivity contribution in [1.29, 1.82) is 5.41 Å². The van der Waals surface area contributed by atoms with Gasteiger partial charge >= 0.3 is 5.97 Å². The predicted molar refractivity (Wildman–Crippen MR) is 128 cm³/mol. The van der Waals surface area contributed by atoms with Gasteiger partial charge in [-0.25, -0.2) is 4.79 Å². The van der Waals surface area contributed by atoms with Gasteiger partial charge in [0.2, 0.25) is 0 Å². The molecule has 0 aromatic heterocycles. The van der Waals surface area contributed by atoms with E-state index in [-0.39, 0.29) is 33.8 Å². The van der Waals surface area contributed by atoms with Crippen molar-refractivity contribution < 1.29 is 32.6 Å². The van der Waals surface area contributed by atoms with Crippen molar-refractivity contribution in [1.82, 2.24) is 0 Å². The fourth-order valence-electron chi connectivity index (χ4n) is 2.90. The Morgan fingerprint density at radius 3 is 2.09 bits per heavy atom. The molecule has 1 amide bonds. The minimum atomic E-state index is -3.67. The maximum atomic E-state index is 12.9. The van der Waals surface area contributed by atoms with E-state index in [4.69, 9.17) is 15.7 Å². The summed E-state index contributed by atoms with van der Waals surface area (Å²) >= 11 is 0. The minimum absolute atomic E-state index is 0.0642. The fraction of sp³-hybridized carbons (Fsp3) is 0.0455. The average molecular weight is 500 g/mol. The minimum Gasteiger partial charge on any atom is -0.478 e. The summed E-state index contributed by atoms with van der Waals surface area (Å²) < 4.78 is 25.9. The van der Waals surface area contributed by atoms with E-state index < -0.39 is 26.9 Å². The summed E-state index contributed by atoms with van der Waals surface area (Å²) in [5.74, 6) is -1.90. The van der Waals surface area contributed by atoms with Crippen LogP contribution in [0.3, 0.4) is 0 Å². The molecule has 0 bridgehead atoms. The number of hydrogen-bond donors (Lipinski definition) is 5. The van der Waals surface area contributed by atoms with Crippen LogP contribution in [-0.2, 0) is 10.1 Å². The zero-order chi connectivity index (χ0) is 26.3. The zero-order valence-corrected chi connectivity index (χ0v) is 18.9. The molecule has 0 fully saturated rings. The third-order valence-electron chi connectivity index (χ3n) is 4.36. The van der Waals surface area contributed by atoms with Crippen LogP contribution >= 0.6 is 0 Å². The first-order valence-electron chi connectivity index (χ1n) is 9.57. The van der Waals surface area contributed by atoms with Crippen LogP contribution in [0.15, 0.2) is 66.7 Å². The summed E-state index contributed by atoms with van der Waals surface area (Å²) in [5, 5.41) is 30.7. The summed E-state index contributed by atoms with van der Waals surface area (Å²) in [6, 6.07) is 15.9. The highest BCUT2D eigenvalue weighted by Crippen LogP contribution is 2.31. The van der Waals surface area contributed by atoms with Gasteiger partial charge in [-0.05, 0) is 42.0 Å². The Morgan fingerprint density at radius 1 is 1.00 bits per heavy atom. The van der Waals surface area contributed by atoms with E-state index in [9.17, 15) is 33.2 Å². The van der Waals surface area contributed by atoms with Gasteiger partial charge in [-0.3, -0.25) is 24.9 Å². The lowest BCUT2D eigenvalue weighted by Gasteiger charge is -2.13. The van der Waals surface area contributed by atoms with Crippen molar-refractivity contribution in [2.75, 3.05) is 11.6 Å². The van der Waals surface area contributed by atoms with E-state index in [1.54, 1.807) is 36.4 Å². The first kappa shape index (κ1) is 26.6. The van der Waals surface area contributed by atoms with Crippen LogP contribution in [0.2, 0.25) is 0 Å². The lowest BCUT2D eigenvalue weighted by Crippen LogP contribution is -2.14. The molecule has 3 aromatic rings. The first-order valence-corrected chi connectivity index (χ1v) is 11.4. The molecule has 0 saturated heterocycles. The highest BCUT2D eigenvalue weighted by Gasteiger charge is 2.21. The number of nitrogens with zero attached hydrogens (tertiary/aromatic N) is 1. The van der Waals surface area contributed by atoms with Crippen molar-refractivity contribution >= 4 is 39.2 Å². The molecule has 0 unspecified atom stereocenters. The number of amidine groups is 1. The molecule has 35 heavy (non-hydrogen) atoms. The fourth-order valence-corrected chi connectivity index (χ4v) is 2.90.